The molecule has 0 N–H and O–H groups in total. The van der Waals surface area contributed by atoms with Crippen molar-refractivity contribution < 1.29 is 9.53 Å². The second-order valence-corrected chi connectivity index (χ2v) is 7.75. The molecular weight excluding hydrogens is 376 g/mol. The van der Waals surface area contributed by atoms with Crippen LogP contribution >= 0.6 is 0 Å². The smallest absolute Gasteiger partial charge is 0.311 e. The summed E-state index contributed by atoms with van der Waals surface area (Å²) >= 11 is 0. The van der Waals surface area contributed by atoms with E-state index >= 15 is 0 Å². The van der Waals surface area contributed by atoms with Gasteiger partial charge in [0.05, 0.1) is 29.9 Å². The van der Waals surface area contributed by atoms with Gasteiger partial charge in [-0.25, -0.2) is 4.85 Å². The minimum atomic E-state index is -0.448. The van der Waals surface area contributed by atoms with Crippen LogP contribution in [0.3, 0.4) is 0 Å². The van der Waals surface area contributed by atoms with Crippen molar-refractivity contribution in [1.29, 1.82) is 0 Å². The highest BCUT2D eigenvalue weighted by Gasteiger charge is 2.27. The molecule has 0 radical (unpaired) electrons. The Morgan fingerprint density at radius 2 is 1.83 bits per heavy atom. The predicted molar refractivity (Wildman–Crippen MR) is 121 cm³/mol. The molecule has 0 aliphatic carbocycles. The van der Waals surface area contributed by atoms with E-state index in [1.807, 2.05) is 39.8 Å². The summed E-state index contributed by atoms with van der Waals surface area (Å²) in [6.45, 7) is 18.7. The zero-order valence-corrected chi connectivity index (χ0v) is 18.5. The van der Waals surface area contributed by atoms with Crippen molar-refractivity contribution >= 4 is 28.7 Å². The molecule has 0 aliphatic rings. The van der Waals surface area contributed by atoms with Crippen LogP contribution in [-0.2, 0) is 9.53 Å². The average Bonchev–Trinajstić information content (AvgIpc) is 2.76. The summed E-state index contributed by atoms with van der Waals surface area (Å²) in [6.07, 6.45) is 0.752. The monoisotopic (exact) mass is 406 g/mol. The van der Waals surface area contributed by atoms with Gasteiger partial charge in [0.25, 0.3) is 0 Å². The lowest BCUT2D eigenvalue weighted by Gasteiger charge is -2.25. The second kappa shape index (κ2) is 10.5. The molecule has 6 nitrogen and oxygen atoms in total. The van der Waals surface area contributed by atoms with E-state index in [1.165, 1.54) is 0 Å². The summed E-state index contributed by atoms with van der Waals surface area (Å²) in [5.74, 6) is -0.155. The number of hydrogen-bond acceptors (Lipinski definition) is 5. The molecule has 0 saturated carbocycles. The first kappa shape index (κ1) is 23.1. The van der Waals surface area contributed by atoms with E-state index in [2.05, 4.69) is 33.0 Å². The van der Waals surface area contributed by atoms with Gasteiger partial charge in [0.2, 0.25) is 0 Å². The molecule has 0 fully saturated rings. The van der Waals surface area contributed by atoms with Crippen LogP contribution in [0.5, 0.6) is 0 Å². The molecule has 0 aliphatic heterocycles. The number of hydrogen-bond donors (Lipinski definition) is 0. The fourth-order valence-corrected chi connectivity index (χ4v) is 2.71. The van der Waals surface area contributed by atoms with Crippen molar-refractivity contribution in [3.63, 3.8) is 0 Å². The van der Waals surface area contributed by atoms with Gasteiger partial charge < -0.3 is 9.64 Å². The fraction of sp³-hybridized carbons (Fsp3) is 0.417. The first-order chi connectivity index (χ1) is 14.3. The number of aryl methyl sites for hydroxylation is 1. The Morgan fingerprint density at radius 3 is 2.40 bits per heavy atom. The maximum atomic E-state index is 12.1. The summed E-state index contributed by atoms with van der Waals surface area (Å²) in [4.78, 5) is 17.7. The molecule has 30 heavy (non-hydrogen) atoms. The number of ether oxygens (including phenoxy) is 1. The van der Waals surface area contributed by atoms with E-state index in [0.29, 0.717) is 24.5 Å². The predicted octanol–water partition coefficient (Wildman–Crippen LogP) is 6.77. The molecule has 158 valence electrons. The number of esters is 1. The van der Waals surface area contributed by atoms with Gasteiger partial charge in [0.15, 0.2) is 5.69 Å². The Morgan fingerprint density at radius 1 is 1.13 bits per heavy atom. The number of carbonyl (C=O) groups is 1. The summed E-state index contributed by atoms with van der Waals surface area (Å²) in [5.41, 5.74) is 3.70. The topological polar surface area (TPSA) is 58.6 Å². The van der Waals surface area contributed by atoms with Gasteiger partial charge in [0, 0.05) is 12.2 Å². The summed E-state index contributed by atoms with van der Waals surface area (Å²) in [6, 6.07) is 13.0. The number of nitrogens with zero attached hydrogens (tertiary/aromatic N) is 4. The zero-order chi connectivity index (χ0) is 22.1. The molecule has 0 heterocycles. The van der Waals surface area contributed by atoms with Crippen LogP contribution in [0.2, 0.25) is 0 Å². The van der Waals surface area contributed by atoms with Crippen LogP contribution in [0.15, 0.2) is 52.7 Å². The lowest BCUT2D eigenvalue weighted by Crippen LogP contribution is -2.31. The van der Waals surface area contributed by atoms with Gasteiger partial charge in [-0.3, -0.25) is 4.79 Å². The van der Waals surface area contributed by atoms with Gasteiger partial charge in [-0.2, -0.15) is 10.2 Å². The molecule has 6 heteroatoms. The summed E-state index contributed by atoms with van der Waals surface area (Å²) in [5, 5.41) is 8.60. The van der Waals surface area contributed by atoms with E-state index in [4.69, 9.17) is 11.3 Å². The van der Waals surface area contributed by atoms with E-state index in [9.17, 15) is 4.79 Å². The minimum Gasteiger partial charge on any atom is -0.463 e. The summed E-state index contributed by atoms with van der Waals surface area (Å²) in [7, 11) is 0. The largest absolute Gasteiger partial charge is 0.463 e. The first-order valence-corrected chi connectivity index (χ1v) is 10.2. The number of carbonyl (C=O) groups excluding carboxylic acids is 1. The van der Waals surface area contributed by atoms with E-state index in [1.54, 1.807) is 24.3 Å². The molecular formula is C24H30N4O2. The number of rotatable bonds is 9. The highest BCUT2D eigenvalue weighted by Crippen LogP contribution is 2.27. The Labute approximate surface area is 179 Å². The Balaban J connectivity index is 2.02. The Bertz CT molecular complexity index is 927. The number of anilines is 1. The standard InChI is InChI=1S/C24H30N4O2/c1-7-24(4,5)23(29)30-16-15-28(8-2)21-13-14-22(18(3)17-21)27-26-20-11-9-19(25-6)10-12-20/h9-14,17H,7-8,15-16H2,1-5H3. The molecule has 2 aromatic carbocycles. The lowest BCUT2D eigenvalue weighted by molar-refractivity contribution is -0.153. The molecule has 0 saturated heterocycles. The van der Waals surface area contributed by atoms with E-state index < -0.39 is 5.41 Å². The van der Waals surface area contributed by atoms with Crippen LogP contribution in [0, 0.1) is 18.9 Å². The summed E-state index contributed by atoms with van der Waals surface area (Å²) < 4.78 is 5.48. The van der Waals surface area contributed by atoms with Gasteiger partial charge in [0.1, 0.15) is 6.61 Å². The van der Waals surface area contributed by atoms with Crippen molar-refractivity contribution in [2.75, 3.05) is 24.6 Å². The zero-order valence-electron chi connectivity index (χ0n) is 18.5. The van der Waals surface area contributed by atoms with Crippen LogP contribution in [-0.4, -0.2) is 25.7 Å². The quantitative estimate of drug-likeness (QED) is 0.262. The van der Waals surface area contributed by atoms with Crippen molar-refractivity contribution in [1.82, 2.24) is 0 Å². The molecule has 2 aromatic rings. The van der Waals surface area contributed by atoms with Crippen molar-refractivity contribution in [3.05, 3.63) is 59.4 Å². The Hall–Kier alpha value is -3.20. The third-order valence-corrected chi connectivity index (χ3v) is 5.21. The highest BCUT2D eigenvalue weighted by atomic mass is 16.5. The van der Waals surface area contributed by atoms with Crippen LogP contribution in [0.4, 0.5) is 22.7 Å². The fourth-order valence-electron chi connectivity index (χ4n) is 2.71. The first-order valence-electron chi connectivity index (χ1n) is 10.2. The average molecular weight is 407 g/mol. The molecule has 0 unspecified atom stereocenters. The minimum absolute atomic E-state index is 0.155. The molecule has 0 atom stereocenters. The number of benzene rings is 2. The molecule has 0 aromatic heterocycles. The SMILES string of the molecule is [C-]#[N+]c1ccc(N=Nc2ccc(N(CC)CCOC(=O)C(C)(C)CC)cc2C)cc1. The van der Waals surface area contributed by atoms with Gasteiger partial charge >= 0.3 is 5.97 Å². The normalized spacial score (nSPS) is 11.3. The molecule has 0 bridgehead atoms. The number of azo groups is 1. The van der Waals surface area contributed by atoms with Crippen molar-refractivity contribution in [3.8, 4) is 0 Å². The van der Waals surface area contributed by atoms with Gasteiger partial charge in [-0.1, -0.05) is 19.1 Å². The third kappa shape index (κ3) is 6.15. The van der Waals surface area contributed by atoms with Crippen molar-refractivity contribution in [2.24, 2.45) is 15.6 Å². The third-order valence-electron chi connectivity index (χ3n) is 5.21. The van der Waals surface area contributed by atoms with Crippen LogP contribution in [0.25, 0.3) is 4.85 Å². The second-order valence-electron chi connectivity index (χ2n) is 7.75. The highest BCUT2D eigenvalue weighted by molar-refractivity contribution is 5.75. The lowest BCUT2D eigenvalue weighted by atomic mass is 9.91. The molecule has 0 spiro atoms. The maximum absolute atomic E-state index is 12.1. The van der Waals surface area contributed by atoms with E-state index in [0.717, 1.165) is 29.9 Å². The maximum Gasteiger partial charge on any atom is 0.311 e. The van der Waals surface area contributed by atoms with E-state index in [-0.39, 0.29) is 5.97 Å². The van der Waals surface area contributed by atoms with Crippen molar-refractivity contribution in [2.45, 2.75) is 41.0 Å². The molecule has 0 amide bonds. The van der Waals surface area contributed by atoms with Crippen LogP contribution < -0.4 is 4.90 Å². The van der Waals surface area contributed by atoms with Gasteiger partial charge in [-0.05, 0) is 70.0 Å². The number of likely N-dealkylation sites (N-methyl/N-ethyl adjacent to an activating group) is 1. The van der Waals surface area contributed by atoms with Gasteiger partial charge in [-0.15, -0.1) is 0 Å². The Kier molecular flexibility index (Phi) is 8.11. The molecule has 2 rings (SSSR count). The van der Waals surface area contributed by atoms with Crippen LogP contribution in [0.1, 0.15) is 39.7 Å².